The van der Waals surface area contributed by atoms with Crippen molar-refractivity contribution < 1.29 is 9.53 Å². The Kier molecular flexibility index (Phi) is 5.57. The summed E-state index contributed by atoms with van der Waals surface area (Å²) in [6.45, 7) is 1.84. The molecule has 1 N–H and O–H groups in total. The van der Waals surface area contributed by atoms with Gasteiger partial charge in [-0.15, -0.1) is 11.3 Å². The number of aromatic nitrogens is 3. The molecule has 1 amide bonds. The number of nitrogens with one attached hydrogen (secondary N) is 1. The van der Waals surface area contributed by atoms with Gasteiger partial charge in [0.1, 0.15) is 12.4 Å². The van der Waals surface area contributed by atoms with Crippen LogP contribution in [0.2, 0.25) is 0 Å². The molecule has 0 aliphatic heterocycles. The Balaban J connectivity index is 1.46. The van der Waals surface area contributed by atoms with Gasteiger partial charge in [-0.3, -0.25) is 4.79 Å². The summed E-state index contributed by atoms with van der Waals surface area (Å²) < 4.78 is 7.65. The van der Waals surface area contributed by atoms with Crippen molar-refractivity contribution in [2.45, 2.75) is 19.6 Å². The standard InChI is InChI=1S/C17H18N4O2S/c22-17(19-5-2-7-21-8-6-18-12-21)14-3-1-4-16(9-14)23-10-15-11-24-13-20-15/h1,3-4,6,8-9,11-13H,2,5,7,10H2,(H,19,22). The highest BCUT2D eigenvalue weighted by Gasteiger charge is 2.06. The molecule has 2 heterocycles. The van der Waals surface area contributed by atoms with Crippen LogP contribution >= 0.6 is 11.3 Å². The number of hydrogen-bond acceptors (Lipinski definition) is 5. The van der Waals surface area contributed by atoms with E-state index in [1.807, 2.05) is 28.3 Å². The van der Waals surface area contributed by atoms with Crippen LogP contribution in [0.4, 0.5) is 0 Å². The van der Waals surface area contributed by atoms with Crippen molar-refractivity contribution in [1.82, 2.24) is 19.9 Å². The summed E-state index contributed by atoms with van der Waals surface area (Å²) in [5.74, 6) is 0.564. The first-order valence-corrected chi connectivity index (χ1v) is 8.59. The fourth-order valence-electron chi connectivity index (χ4n) is 2.18. The van der Waals surface area contributed by atoms with E-state index >= 15 is 0 Å². The molecular weight excluding hydrogens is 324 g/mol. The predicted octanol–water partition coefficient (Wildman–Crippen LogP) is 2.74. The fraction of sp³-hybridized carbons (Fsp3) is 0.235. The topological polar surface area (TPSA) is 69.0 Å². The quantitative estimate of drug-likeness (QED) is 0.639. The number of carbonyl (C=O) groups excluding carboxylic acids is 1. The zero-order valence-electron chi connectivity index (χ0n) is 13.1. The van der Waals surface area contributed by atoms with Crippen molar-refractivity contribution in [3.63, 3.8) is 0 Å². The van der Waals surface area contributed by atoms with Gasteiger partial charge in [0, 0.05) is 36.4 Å². The Morgan fingerprint density at radius 1 is 1.38 bits per heavy atom. The van der Waals surface area contributed by atoms with Crippen LogP contribution in [0, 0.1) is 0 Å². The lowest BCUT2D eigenvalue weighted by molar-refractivity contribution is 0.0952. The van der Waals surface area contributed by atoms with Gasteiger partial charge in [-0.1, -0.05) is 6.07 Å². The fourth-order valence-corrected chi connectivity index (χ4v) is 2.72. The molecule has 6 nitrogen and oxygen atoms in total. The minimum atomic E-state index is -0.0975. The second kappa shape index (κ2) is 8.26. The molecule has 24 heavy (non-hydrogen) atoms. The SMILES string of the molecule is O=C(NCCCn1ccnc1)c1cccc(OCc2cscn2)c1. The zero-order valence-corrected chi connectivity index (χ0v) is 13.9. The maximum atomic E-state index is 12.2. The molecule has 1 aromatic carbocycles. The molecule has 3 rings (SSSR count). The molecule has 0 saturated heterocycles. The minimum Gasteiger partial charge on any atom is -0.487 e. The van der Waals surface area contributed by atoms with Gasteiger partial charge in [0.15, 0.2) is 0 Å². The summed E-state index contributed by atoms with van der Waals surface area (Å²) in [5.41, 5.74) is 3.24. The van der Waals surface area contributed by atoms with Gasteiger partial charge in [0.05, 0.1) is 17.5 Å². The highest BCUT2D eigenvalue weighted by molar-refractivity contribution is 7.07. The summed E-state index contributed by atoms with van der Waals surface area (Å²) in [4.78, 5) is 20.3. The molecule has 124 valence electrons. The third-order valence-corrected chi connectivity index (χ3v) is 4.04. The van der Waals surface area contributed by atoms with Crippen molar-refractivity contribution in [1.29, 1.82) is 0 Å². The summed E-state index contributed by atoms with van der Waals surface area (Å²) in [7, 11) is 0. The van der Waals surface area contributed by atoms with E-state index in [0.717, 1.165) is 18.7 Å². The number of thiazole rings is 1. The molecule has 0 atom stereocenters. The number of amides is 1. The van der Waals surface area contributed by atoms with Crippen LogP contribution in [0.5, 0.6) is 5.75 Å². The van der Waals surface area contributed by atoms with Crippen LogP contribution in [-0.4, -0.2) is 27.0 Å². The molecule has 7 heteroatoms. The number of hydrogen-bond donors (Lipinski definition) is 1. The van der Waals surface area contributed by atoms with E-state index in [2.05, 4.69) is 15.3 Å². The molecular formula is C17H18N4O2S. The van der Waals surface area contributed by atoms with Gasteiger partial charge in [-0.2, -0.15) is 0 Å². The van der Waals surface area contributed by atoms with Crippen LogP contribution in [0.1, 0.15) is 22.5 Å². The highest BCUT2D eigenvalue weighted by atomic mass is 32.1. The number of carbonyl (C=O) groups is 1. The van der Waals surface area contributed by atoms with Gasteiger partial charge in [0.2, 0.25) is 0 Å². The molecule has 0 unspecified atom stereocenters. The lowest BCUT2D eigenvalue weighted by atomic mass is 10.2. The van der Waals surface area contributed by atoms with E-state index in [9.17, 15) is 4.79 Å². The molecule has 0 aliphatic carbocycles. The normalized spacial score (nSPS) is 10.5. The molecule has 0 aliphatic rings. The third-order valence-electron chi connectivity index (χ3n) is 3.40. The van der Waals surface area contributed by atoms with Gasteiger partial charge < -0.3 is 14.6 Å². The Labute approximate surface area is 144 Å². The number of nitrogens with zero attached hydrogens (tertiary/aromatic N) is 3. The summed E-state index contributed by atoms with van der Waals surface area (Å²) in [5, 5.41) is 4.86. The zero-order chi connectivity index (χ0) is 16.6. The number of aryl methyl sites for hydroxylation is 1. The average molecular weight is 342 g/mol. The Morgan fingerprint density at radius 2 is 2.33 bits per heavy atom. The smallest absolute Gasteiger partial charge is 0.251 e. The maximum absolute atomic E-state index is 12.2. The third kappa shape index (κ3) is 4.66. The van der Waals surface area contributed by atoms with Crippen LogP contribution in [0.25, 0.3) is 0 Å². The van der Waals surface area contributed by atoms with Gasteiger partial charge in [0.25, 0.3) is 5.91 Å². The van der Waals surface area contributed by atoms with Gasteiger partial charge in [-0.05, 0) is 24.6 Å². The Hall–Kier alpha value is -2.67. The summed E-state index contributed by atoms with van der Waals surface area (Å²) in [6.07, 6.45) is 6.27. The van der Waals surface area contributed by atoms with Crippen LogP contribution in [0.3, 0.4) is 0 Å². The van der Waals surface area contributed by atoms with Crippen LogP contribution < -0.4 is 10.1 Å². The summed E-state index contributed by atoms with van der Waals surface area (Å²) in [6, 6.07) is 7.18. The molecule has 0 fully saturated rings. The van der Waals surface area contributed by atoms with Gasteiger partial charge >= 0.3 is 0 Å². The van der Waals surface area contributed by atoms with Crippen molar-refractivity contribution in [3.8, 4) is 5.75 Å². The second-order valence-electron chi connectivity index (χ2n) is 5.21. The first kappa shape index (κ1) is 16.2. The molecule has 0 spiro atoms. The Bertz CT molecular complexity index is 757. The van der Waals surface area contributed by atoms with Crippen LogP contribution in [0.15, 0.2) is 53.9 Å². The minimum absolute atomic E-state index is 0.0975. The second-order valence-corrected chi connectivity index (χ2v) is 5.92. The highest BCUT2D eigenvalue weighted by Crippen LogP contribution is 2.15. The Morgan fingerprint density at radius 3 is 3.12 bits per heavy atom. The van der Waals surface area contributed by atoms with Crippen LogP contribution in [-0.2, 0) is 13.2 Å². The first-order chi connectivity index (χ1) is 11.8. The van der Waals surface area contributed by atoms with E-state index in [4.69, 9.17) is 4.74 Å². The number of benzene rings is 1. The lowest BCUT2D eigenvalue weighted by Gasteiger charge is -2.08. The van der Waals surface area contributed by atoms with Crippen molar-refractivity contribution in [2.75, 3.05) is 6.54 Å². The molecule has 0 bridgehead atoms. The van der Waals surface area contributed by atoms with E-state index < -0.39 is 0 Å². The van der Waals surface area contributed by atoms with Crippen molar-refractivity contribution in [2.24, 2.45) is 0 Å². The monoisotopic (exact) mass is 342 g/mol. The van der Waals surface area contributed by atoms with Crippen molar-refractivity contribution >= 4 is 17.2 Å². The molecule has 3 aromatic rings. The van der Waals surface area contributed by atoms with E-state index in [0.29, 0.717) is 24.5 Å². The van der Waals surface area contributed by atoms with E-state index in [1.54, 1.807) is 30.2 Å². The number of ether oxygens (including phenoxy) is 1. The summed E-state index contributed by atoms with van der Waals surface area (Å²) >= 11 is 1.53. The average Bonchev–Trinajstić information content (AvgIpc) is 3.30. The van der Waals surface area contributed by atoms with Gasteiger partial charge in [-0.25, -0.2) is 9.97 Å². The van der Waals surface area contributed by atoms with E-state index in [1.165, 1.54) is 11.3 Å². The van der Waals surface area contributed by atoms with E-state index in [-0.39, 0.29) is 5.91 Å². The largest absolute Gasteiger partial charge is 0.487 e. The number of imidazole rings is 1. The number of rotatable bonds is 8. The first-order valence-electron chi connectivity index (χ1n) is 7.65. The maximum Gasteiger partial charge on any atom is 0.251 e. The van der Waals surface area contributed by atoms with Crippen molar-refractivity contribution in [3.05, 3.63) is 65.1 Å². The molecule has 0 saturated carbocycles. The lowest BCUT2D eigenvalue weighted by Crippen LogP contribution is -2.25. The molecule has 0 radical (unpaired) electrons. The molecule has 2 aromatic heterocycles. The predicted molar refractivity (Wildman–Crippen MR) is 92.1 cm³/mol.